The molecule has 2 N–H and O–H groups in total. The second-order valence-electron chi connectivity index (χ2n) is 2.97. The Morgan fingerprint density at radius 3 is 1.58 bits per heavy atom. The van der Waals surface area contributed by atoms with Gasteiger partial charge in [-0.05, 0) is 24.3 Å². The van der Waals surface area contributed by atoms with Crippen molar-refractivity contribution >= 4 is 17.3 Å². The highest BCUT2D eigenvalue weighted by Gasteiger charge is 1.95. The standard InChI is InChI=1S/C6H6ClN.C4H8/c7-5-1-3-6(8)4-2-5;1-2-4-3-1/h1-4H,8H2;1-4H2. The van der Waals surface area contributed by atoms with Crippen LogP contribution in [0.3, 0.4) is 0 Å². The molecule has 1 nitrogen and oxygen atoms in total. The van der Waals surface area contributed by atoms with Crippen LogP contribution < -0.4 is 5.73 Å². The van der Waals surface area contributed by atoms with E-state index in [0.29, 0.717) is 0 Å². The smallest absolute Gasteiger partial charge is 0.0407 e. The molecular weight excluding hydrogens is 170 g/mol. The highest BCUT2D eigenvalue weighted by atomic mass is 35.5. The molecule has 1 aliphatic rings. The molecule has 2 rings (SSSR count). The maximum atomic E-state index is 5.56. The van der Waals surface area contributed by atoms with Crippen LogP contribution in [0.1, 0.15) is 25.7 Å². The summed E-state index contributed by atoms with van der Waals surface area (Å²) in [7, 11) is 0. The van der Waals surface area contributed by atoms with Crippen molar-refractivity contribution in [2.45, 2.75) is 25.7 Å². The number of rotatable bonds is 0. The fraction of sp³-hybridized carbons (Fsp3) is 0.400. The average Bonchev–Trinajstić information content (AvgIpc) is 1.92. The summed E-state index contributed by atoms with van der Waals surface area (Å²) in [5.74, 6) is 0. The third-order valence-corrected chi connectivity index (χ3v) is 2.12. The van der Waals surface area contributed by atoms with Crippen LogP contribution in [-0.4, -0.2) is 0 Å². The number of halogens is 1. The molecule has 0 unspecified atom stereocenters. The van der Waals surface area contributed by atoms with Gasteiger partial charge in [-0.15, -0.1) is 0 Å². The molecule has 0 saturated heterocycles. The first kappa shape index (κ1) is 9.40. The van der Waals surface area contributed by atoms with E-state index in [-0.39, 0.29) is 0 Å². The molecule has 1 aromatic carbocycles. The molecule has 0 aromatic heterocycles. The predicted molar refractivity (Wildman–Crippen MR) is 54.3 cm³/mol. The zero-order chi connectivity index (χ0) is 8.81. The molecule has 0 spiro atoms. The van der Waals surface area contributed by atoms with Crippen molar-refractivity contribution in [3.63, 3.8) is 0 Å². The molecule has 0 aliphatic heterocycles. The van der Waals surface area contributed by atoms with E-state index < -0.39 is 0 Å². The second-order valence-corrected chi connectivity index (χ2v) is 3.40. The van der Waals surface area contributed by atoms with E-state index in [1.54, 1.807) is 24.3 Å². The molecule has 1 saturated carbocycles. The Kier molecular flexibility index (Phi) is 3.95. The van der Waals surface area contributed by atoms with E-state index in [1.165, 1.54) is 25.7 Å². The summed E-state index contributed by atoms with van der Waals surface area (Å²) in [6, 6.07) is 7.05. The largest absolute Gasteiger partial charge is 0.399 e. The number of hydrogen-bond donors (Lipinski definition) is 1. The van der Waals surface area contributed by atoms with Crippen LogP contribution in [0.2, 0.25) is 5.02 Å². The van der Waals surface area contributed by atoms with Gasteiger partial charge in [0.25, 0.3) is 0 Å². The first-order chi connectivity index (χ1) is 5.79. The minimum absolute atomic E-state index is 0.721. The molecule has 1 aromatic rings. The monoisotopic (exact) mass is 183 g/mol. The maximum Gasteiger partial charge on any atom is 0.0407 e. The van der Waals surface area contributed by atoms with E-state index in [0.717, 1.165) is 10.7 Å². The van der Waals surface area contributed by atoms with Crippen LogP contribution in [0.25, 0.3) is 0 Å². The van der Waals surface area contributed by atoms with Gasteiger partial charge >= 0.3 is 0 Å². The van der Waals surface area contributed by atoms with E-state index in [4.69, 9.17) is 17.3 Å². The minimum atomic E-state index is 0.721. The van der Waals surface area contributed by atoms with Crippen LogP contribution in [-0.2, 0) is 0 Å². The second kappa shape index (κ2) is 5.04. The molecule has 0 heterocycles. The van der Waals surface area contributed by atoms with Crippen molar-refractivity contribution in [1.82, 2.24) is 0 Å². The molecule has 1 aliphatic carbocycles. The molecule has 66 valence electrons. The zero-order valence-corrected chi connectivity index (χ0v) is 7.85. The number of nitrogens with two attached hydrogens (primary N) is 1. The Morgan fingerprint density at radius 1 is 0.917 bits per heavy atom. The molecule has 2 heteroatoms. The van der Waals surface area contributed by atoms with Crippen molar-refractivity contribution in [3.05, 3.63) is 29.3 Å². The topological polar surface area (TPSA) is 26.0 Å². The van der Waals surface area contributed by atoms with Crippen LogP contribution >= 0.6 is 11.6 Å². The van der Waals surface area contributed by atoms with Crippen molar-refractivity contribution in [2.24, 2.45) is 0 Å². The van der Waals surface area contributed by atoms with Crippen molar-refractivity contribution in [2.75, 3.05) is 5.73 Å². The molecule has 0 radical (unpaired) electrons. The molecule has 0 bridgehead atoms. The van der Waals surface area contributed by atoms with Crippen molar-refractivity contribution in [1.29, 1.82) is 0 Å². The molecule has 0 amide bonds. The van der Waals surface area contributed by atoms with Gasteiger partial charge in [-0.1, -0.05) is 37.3 Å². The van der Waals surface area contributed by atoms with Gasteiger partial charge in [0.15, 0.2) is 0 Å². The average molecular weight is 184 g/mol. The first-order valence-corrected chi connectivity index (χ1v) is 4.68. The van der Waals surface area contributed by atoms with Gasteiger partial charge in [0.1, 0.15) is 0 Å². The molecular formula is C10H14ClN. The number of benzene rings is 1. The quantitative estimate of drug-likeness (QED) is 0.613. The summed E-state index contributed by atoms with van der Waals surface area (Å²) in [5.41, 5.74) is 6.11. The molecule has 1 fully saturated rings. The van der Waals surface area contributed by atoms with Gasteiger partial charge in [0.05, 0.1) is 0 Å². The molecule has 0 atom stereocenters. The Balaban J connectivity index is 0.000000150. The Morgan fingerprint density at radius 2 is 1.33 bits per heavy atom. The lowest BCUT2D eigenvalue weighted by Gasteiger charge is -2.05. The highest BCUT2D eigenvalue weighted by molar-refractivity contribution is 6.30. The van der Waals surface area contributed by atoms with E-state index in [1.807, 2.05) is 0 Å². The van der Waals surface area contributed by atoms with E-state index in [2.05, 4.69) is 0 Å². The van der Waals surface area contributed by atoms with Crippen molar-refractivity contribution in [3.8, 4) is 0 Å². The normalized spacial score (nSPS) is 14.1. The third-order valence-electron chi connectivity index (χ3n) is 1.87. The third kappa shape index (κ3) is 3.63. The van der Waals surface area contributed by atoms with Crippen LogP contribution in [0.4, 0.5) is 5.69 Å². The maximum absolute atomic E-state index is 5.56. The van der Waals surface area contributed by atoms with Gasteiger partial charge in [-0.2, -0.15) is 0 Å². The Labute approximate surface area is 78.5 Å². The molecule has 12 heavy (non-hydrogen) atoms. The highest BCUT2D eigenvalue weighted by Crippen LogP contribution is 2.15. The number of hydrogen-bond acceptors (Lipinski definition) is 1. The zero-order valence-electron chi connectivity index (χ0n) is 7.09. The lowest BCUT2D eigenvalue weighted by molar-refractivity contribution is 0.504. The van der Waals surface area contributed by atoms with Gasteiger partial charge in [0, 0.05) is 10.7 Å². The van der Waals surface area contributed by atoms with E-state index >= 15 is 0 Å². The van der Waals surface area contributed by atoms with Crippen LogP contribution in [0, 0.1) is 0 Å². The van der Waals surface area contributed by atoms with Gasteiger partial charge in [-0.25, -0.2) is 0 Å². The predicted octanol–water partition coefficient (Wildman–Crippen LogP) is 3.48. The minimum Gasteiger partial charge on any atom is -0.399 e. The van der Waals surface area contributed by atoms with Gasteiger partial charge in [0.2, 0.25) is 0 Å². The SMILES string of the molecule is C1CCC1.Nc1ccc(Cl)cc1. The van der Waals surface area contributed by atoms with Crippen LogP contribution in [0.5, 0.6) is 0 Å². The van der Waals surface area contributed by atoms with Crippen LogP contribution in [0.15, 0.2) is 24.3 Å². The van der Waals surface area contributed by atoms with Gasteiger partial charge < -0.3 is 5.73 Å². The number of anilines is 1. The summed E-state index contributed by atoms with van der Waals surface area (Å²) in [6.07, 6.45) is 6.00. The van der Waals surface area contributed by atoms with E-state index in [9.17, 15) is 0 Å². The lowest BCUT2D eigenvalue weighted by Crippen LogP contribution is -1.85. The summed E-state index contributed by atoms with van der Waals surface area (Å²) in [6.45, 7) is 0. The fourth-order valence-corrected chi connectivity index (χ4v) is 0.839. The van der Waals surface area contributed by atoms with Gasteiger partial charge in [-0.3, -0.25) is 0 Å². The Hall–Kier alpha value is -0.690. The summed E-state index contributed by atoms with van der Waals surface area (Å²) < 4.78 is 0. The van der Waals surface area contributed by atoms with Crippen molar-refractivity contribution < 1.29 is 0 Å². The first-order valence-electron chi connectivity index (χ1n) is 4.30. The Bertz CT molecular complexity index is 189. The summed E-state index contributed by atoms with van der Waals surface area (Å²) in [5, 5.41) is 0.721. The fourth-order valence-electron chi connectivity index (χ4n) is 0.713. The summed E-state index contributed by atoms with van der Waals surface area (Å²) in [4.78, 5) is 0. The number of nitrogen functional groups attached to an aromatic ring is 1. The lowest BCUT2D eigenvalue weighted by atomic mass is 10.0. The summed E-state index contributed by atoms with van der Waals surface area (Å²) >= 11 is 5.56.